The first-order chi connectivity index (χ1) is 11.1. The molecule has 0 aliphatic carbocycles. The molecule has 7 heteroatoms. The average Bonchev–Trinajstić information content (AvgIpc) is 2.61. The summed E-state index contributed by atoms with van der Waals surface area (Å²) in [4.78, 5) is 12.7. The summed E-state index contributed by atoms with van der Waals surface area (Å²) in [6.45, 7) is 4.60. The van der Waals surface area contributed by atoms with Crippen LogP contribution in [0, 0.1) is 5.41 Å². The monoisotopic (exact) mass is 356 g/mol. The Labute approximate surface area is 148 Å². The molecule has 6 nitrogen and oxygen atoms in total. The SMILES string of the molecule is CC(NC(=O)C1(CN)CCOCC1)c1ccc2c(c1)OCCO2.Cl. The van der Waals surface area contributed by atoms with Gasteiger partial charge in [0.1, 0.15) is 13.2 Å². The molecular formula is C17H25ClN2O4. The van der Waals surface area contributed by atoms with E-state index in [2.05, 4.69) is 5.32 Å². The molecule has 2 aliphatic heterocycles. The average molecular weight is 357 g/mol. The second-order valence-electron chi connectivity index (χ2n) is 6.20. The molecule has 0 aromatic heterocycles. The number of carbonyl (C=O) groups excluding carboxylic acids is 1. The smallest absolute Gasteiger partial charge is 0.228 e. The van der Waals surface area contributed by atoms with Crippen LogP contribution < -0.4 is 20.5 Å². The summed E-state index contributed by atoms with van der Waals surface area (Å²) in [5.41, 5.74) is 6.37. The van der Waals surface area contributed by atoms with E-state index in [9.17, 15) is 4.79 Å². The van der Waals surface area contributed by atoms with Crippen molar-refractivity contribution in [2.45, 2.75) is 25.8 Å². The van der Waals surface area contributed by atoms with E-state index in [0.717, 1.165) is 17.1 Å². The molecule has 0 radical (unpaired) electrons. The lowest BCUT2D eigenvalue weighted by molar-refractivity contribution is -0.136. The summed E-state index contributed by atoms with van der Waals surface area (Å²) in [5, 5.41) is 3.09. The Kier molecular flexibility index (Phi) is 6.32. The minimum atomic E-state index is -0.514. The number of halogens is 1. The van der Waals surface area contributed by atoms with Gasteiger partial charge in [0.25, 0.3) is 0 Å². The van der Waals surface area contributed by atoms with Gasteiger partial charge < -0.3 is 25.3 Å². The van der Waals surface area contributed by atoms with E-state index in [1.807, 2.05) is 25.1 Å². The molecular weight excluding hydrogens is 332 g/mol. The molecule has 1 aromatic rings. The first kappa shape index (κ1) is 18.8. The number of hydrogen-bond acceptors (Lipinski definition) is 5. The standard InChI is InChI=1S/C17H24N2O4.ClH/c1-12(13-2-3-14-15(10-13)23-9-8-22-14)19-16(20)17(11-18)4-6-21-7-5-17;/h2-3,10,12H,4-9,11,18H2,1H3,(H,19,20);1H. The predicted octanol–water partition coefficient (Wildman–Crippen LogP) is 1.81. The predicted molar refractivity (Wildman–Crippen MR) is 92.8 cm³/mol. The molecule has 1 aromatic carbocycles. The van der Waals surface area contributed by atoms with Crippen molar-refractivity contribution in [2.24, 2.45) is 11.1 Å². The van der Waals surface area contributed by atoms with Gasteiger partial charge >= 0.3 is 0 Å². The summed E-state index contributed by atoms with van der Waals surface area (Å²) in [7, 11) is 0. The topological polar surface area (TPSA) is 82.8 Å². The Morgan fingerprint density at radius 2 is 1.88 bits per heavy atom. The Hall–Kier alpha value is -1.50. The number of amides is 1. The van der Waals surface area contributed by atoms with Gasteiger partial charge in [-0.1, -0.05) is 6.07 Å². The Morgan fingerprint density at radius 3 is 2.54 bits per heavy atom. The number of rotatable bonds is 4. The Balaban J connectivity index is 0.00000208. The summed E-state index contributed by atoms with van der Waals surface area (Å²) >= 11 is 0. The van der Waals surface area contributed by atoms with E-state index in [4.69, 9.17) is 19.9 Å². The zero-order chi connectivity index (χ0) is 16.3. The first-order valence-corrected chi connectivity index (χ1v) is 8.13. The van der Waals surface area contributed by atoms with Gasteiger partial charge in [-0.05, 0) is 37.5 Å². The van der Waals surface area contributed by atoms with E-state index < -0.39 is 5.41 Å². The van der Waals surface area contributed by atoms with Crippen molar-refractivity contribution in [1.29, 1.82) is 0 Å². The van der Waals surface area contributed by atoms with E-state index in [1.165, 1.54) is 0 Å². The van der Waals surface area contributed by atoms with Gasteiger partial charge in [-0.15, -0.1) is 12.4 Å². The lowest BCUT2D eigenvalue weighted by Gasteiger charge is -2.35. The van der Waals surface area contributed by atoms with Crippen LogP contribution in [0.4, 0.5) is 0 Å². The van der Waals surface area contributed by atoms with Gasteiger partial charge in [-0.3, -0.25) is 4.79 Å². The van der Waals surface area contributed by atoms with E-state index in [-0.39, 0.29) is 24.4 Å². The number of hydrogen-bond donors (Lipinski definition) is 2. The van der Waals surface area contributed by atoms with Crippen LogP contribution in [-0.2, 0) is 9.53 Å². The second kappa shape index (κ2) is 8.05. The maximum atomic E-state index is 12.7. The molecule has 2 heterocycles. The third kappa shape index (κ3) is 3.77. The van der Waals surface area contributed by atoms with Crippen LogP contribution in [0.15, 0.2) is 18.2 Å². The maximum absolute atomic E-state index is 12.7. The fourth-order valence-electron chi connectivity index (χ4n) is 3.05. The van der Waals surface area contributed by atoms with Crippen molar-refractivity contribution in [3.63, 3.8) is 0 Å². The molecule has 1 fully saturated rings. The molecule has 1 unspecified atom stereocenters. The summed E-state index contributed by atoms with van der Waals surface area (Å²) in [6, 6.07) is 5.65. The van der Waals surface area contributed by atoms with Crippen molar-refractivity contribution >= 4 is 18.3 Å². The Bertz CT molecular complexity index is 576. The molecule has 1 atom stereocenters. The second-order valence-corrected chi connectivity index (χ2v) is 6.20. The highest BCUT2D eigenvalue weighted by Gasteiger charge is 2.39. The van der Waals surface area contributed by atoms with Gasteiger partial charge in [-0.2, -0.15) is 0 Å². The maximum Gasteiger partial charge on any atom is 0.228 e. The number of nitrogens with one attached hydrogen (secondary N) is 1. The highest BCUT2D eigenvalue weighted by molar-refractivity contribution is 5.85. The number of nitrogens with two attached hydrogens (primary N) is 1. The molecule has 1 amide bonds. The molecule has 24 heavy (non-hydrogen) atoms. The van der Waals surface area contributed by atoms with Crippen LogP contribution in [0.2, 0.25) is 0 Å². The summed E-state index contributed by atoms with van der Waals surface area (Å²) < 4.78 is 16.5. The van der Waals surface area contributed by atoms with Crippen LogP contribution in [0.3, 0.4) is 0 Å². The number of fused-ring (bicyclic) bond motifs is 1. The molecule has 0 saturated carbocycles. The molecule has 2 aliphatic rings. The zero-order valence-corrected chi connectivity index (χ0v) is 14.7. The van der Waals surface area contributed by atoms with Crippen molar-refractivity contribution in [1.82, 2.24) is 5.32 Å². The number of ether oxygens (including phenoxy) is 3. The van der Waals surface area contributed by atoms with E-state index >= 15 is 0 Å². The summed E-state index contributed by atoms with van der Waals surface area (Å²) in [6.07, 6.45) is 1.34. The van der Waals surface area contributed by atoms with Crippen molar-refractivity contribution in [3.8, 4) is 11.5 Å². The van der Waals surface area contributed by atoms with Gasteiger partial charge in [-0.25, -0.2) is 0 Å². The van der Waals surface area contributed by atoms with Gasteiger partial charge in [0, 0.05) is 19.8 Å². The van der Waals surface area contributed by atoms with Gasteiger partial charge in [0.15, 0.2) is 11.5 Å². The highest BCUT2D eigenvalue weighted by atomic mass is 35.5. The quantitative estimate of drug-likeness (QED) is 0.859. The first-order valence-electron chi connectivity index (χ1n) is 8.13. The highest BCUT2D eigenvalue weighted by Crippen LogP contribution is 2.34. The third-order valence-electron chi connectivity index (χ3n) is 4.74. The van der Waals surface area contributed by atoms with Crippen molar-refractivity contribution in [2.75, 3.05) is 33.0 Å². The van der Waals surface area contributed by atoms with Crippen LogP contribution in [0.25, 0.3) is 0 Å². The fraction of sp³-hybridized carbons (Fsp3) is 0.588. The largest absolute Gasteiger partial charge is 0.486 e. The van der Waals surface area contributed by atoms with Gasteiger partial charge in [0.2, 0.25) is 5.91 Å². The van der Waals surface area contributed by atoms with E-state index in [1.54, 1.807) is 0 Å². The molecule has 1 saturated heterocycles. The third-order valence-corrected chi connectivity index (χ3v) is 4.74. The van der Waals surface area contributed by atoms with Crippen LogP contribution in [-0.4, -0.2) is 38.9 Å². The lowest BCUT2D eigenvalue weighted by atomic mass is 9.79. The number of benzene rings is 1. The van der Waals surface area contributed by atoms with Crippen molar-refractivity contribution < 1.29 is 19.0 Å². The molecule has 3 rings (SSSR count). The minimum absolute atomic E-state index is 0. The molecule has 3 N–H and O–H groups in total. The molecule has 134 valence electrons. The van der Waals surface area contributed by atoms with Gasteiger partial charge in [0.05, 0.1) is 11.5 Å². The Morgan fingerprint density at radius 1 is 1.21 bits per heavy atom. The summed E-state index contributed by atoms with van der Waals surface area (Å²) in [5.74, 6) is 1.49. The fourth-order valence-corrected chi connectivity index (χ4v) is 3.05. The van der Waals surface area contributed by atoms with Crippen molar-refractivity contribution in [3.05, 3.63) is 23.8 Å². The van der Waals surface area contributed by atoms with E-state index in [0.29, 0.717) is 45.8 Å². The van der Waals surface area contributed by atoms with Crippen LogP contribution in [0.5, 0.6) is 11.5 Å². The number of carbonyl (C=O) groups is 1. The molecule has 0 bridgehead atoms. The minimum Gasteiger partial charge on any atom is -0.486 e. The normalized spacial score (nSPS) is 19.8. The van der Waals surface area contributed by atoms with Crippen LogP contribution >= 0.6 is 12.4 Å². The zero-order valence-electron chi connectivity index (χ0n) is 13.9. The molecule has 0 spiro atoms. The lowest BCUT2D eigenvalue weighted by Crippen LogP contribution is -2.49. The van der Waals surface area contributed by atoms with Crippen LogP contribution in [0.1, 0.15) is 31.4 Å².